The summed E-state index contributed by atoms with van der Waals surface area (Å²) in [5, 5.41) is 5.25. The van der Waals surface area contributed by atoms with E-state index in [1.807, 2.05) is 24.3 Å². The first-order valence-electron chi connectivity index (χ1n) is 7.51. The van der Waals surface area contributed by atoms with Gasteiger partial charge in [-0.1, -0.05) is 35.9 Å². The van der Waals surface area contributed by atoms with Crippen molar-refractivity contribution < 1.29 is 4.79 Å². The Morgan fingerprint density at radius 1 is 1.29 bits per heavy atom. The molecular weight excluding hydrogens is 284 g/mol. The molecule has 2 saturated carbocycles. The molecule has 4 rings (SSSR count). The van der Waals surface area contributed by atoms with Crippen LogP contribution in [0.5, 0.6) is 0 Å². The van der Waals surface area contributed by atoms with Crippen molar-refractivity contribution >= 4 is 28.3 Å². The van der Waals surface area contributed by atoms with E-state index in [1.54, 1.807) is 6.20 Å². The van der Waals surface area contributed by atoms with Gasteiger partial charge in [0.1, 0.15) is 5.15 Å². The molecule has 0 atom stereocenters. The minimum Gasteiger partial charge on any atom is -0.351 e. The van der Waals surface area contributed by atoms with Crippen molar-refractivity contribution in [2.75, 3.05) is 6.54 Å². The number of pyridine rings is 1. The Morgan fingerprint density at radius 2 is 2.00 bits per heavy atom. The Morgan fingerprint density at radius 3 is 2.67 bits per heavy atom. The first-order valence-corrected chi connectivity index (χ1v) is 7.89. The van der Waals surface area contributed by atoms with E-state index in [4.69, 9.17) is 11.6 Å². The molecule has 108 valence electrons. The number of fused-ring (bicyclic) bond motifs is 1. The van der Waals surface area contributed by atoms with Gasteiger partial charge in [-0.25, -0.2) is 4.98 Å². The lowest BCUT2D eigenvalue weighted by Crippen LogP contribution is -2.31. The van der Waals surface area contributed by atoms with E-state index in [0.717, 1.165) is 23.2 Å². The van der Waals surface area contributed by atoms with E-state index in [2.05, 4.69) is 10.3 Å². The molecule has 1 heterocycles. The SMILES string of the molecule is O=C(NCC1(C2CC2)CC1)c1cnc(Cl)c2ccccc12. The Balaban J connectivity index is 1.58. The molecule has 0 radical (unpaired) electrons. The molecule has 4 heteroatoms. The quantitative estimate of drug-likeness (QED) is 0.873. The average molecular weight is 301 g/mol. The van der Waals surface area contributed by atoms with E-state index in [9.17, 15) is 4.79 Å². The summed E-state index contributed by atoms with van der Waals surface area (Å²) in [4.78, 5) is 16.6. The van der Waals surface area contributed by atoms with Gasteiger partial charge < -0.3 is 5.32 Å². The van der Waals surface area contributed by atoms with Gasteiger partial charge in [0, 0.05) is 18.1 Å². The maximum atomic E-state index is 12.5. The molecule has 0 aliphatic heterocycles. The number of carbonyl (C=O) groups excluding carboxylic acids is 1. The predicted molar refractivity (Wildman–Crippen MR) is 83.5 cm³/mol. The van der Waals surface area contributed by atoms with Crippen LogP contribution in [0.15, 0.2) is 30.5 Å². The molecule has 0 saturated heterocycles. The van der Waals surface area contributed by atoms with Crippen LogP contribution in [0.2, 0.25) is 5.15 Å². The monoisotopic (exact) mass is 300 g/mol. The van der Waals surface area contributed by atoms with Gasteiger partial charge in [-0.05, 0) is 42.4 Å². The van der Waals surface area contributed by atoms with Gasteiger partial charge in [0.2, 0.25) is 0 Å². The van der Waals surface area contributed by atoms with Gasteiger partial charge >= 0.3 is 0 Å². The summed E-state index contributed by atoms with van der Waals surface area (Å²) in [5.74, 6) is 0.806. The van der Waals surface area contributed by atoms with Crippen molar-refractivity contribution in [1.29, 1.82) is 0 Å². The minimum absolute atomic E-state index is 0.0395. The van der Waals surface area contributed by atoms with Gasteiger partial charge in [-0.3, -0.25) is 4.79 Å². The first-order chi connectivity index (χ1) is 10.2. The number of aromatic nitrogens is 1. The van der Waals surface area contributed by atoms with Crippen molar-refractivity contribution in [2.45, 2.75) is 25.7 Å². The fourth-order valence-corrected chi connectivity index (χ4v) is 3.49. The lowest BCUT2D eigenvalue weighted by atomic mass is 10.0. The van der Waals surface area contributed by atoms with Crippen molar-refractivity contribution in [1.82, 2.24) is 10.3 Å². The Kier molecular flexibility index (Phi) is 2.93. The second kappa shape index (κ2) is 4.70. The number of benzene rings is 1. The van der Waals surface area contributed by atoms with Crippen LogP contribution in [0.25, 0.3) is 10.8 Å². The van der Waals surface area contributed by atoms with Crippen LogP contribution in [0.1, 0.15) is 36.0 Å². The Bertz CT molecular complexity index is 720. The number of amides is 1. The van der Waals surface area contributed by atoms with Gasteiger partial charge in [0.05, 0.1) is 5.56 Å². The third-order valence-corrected chi connectivity index (χ3v) is 5.23. The van der Waals surface area contributed by atoms with Crippen LogP contribution in [0.4, 0.5) is 0 Å². The van der Waals surface area contributed by atoms with Crippen LogP contribution in [-0.2, 0) is 0 Å². The van der Waals surface area contributed by atoms with Crippen LogP contribution >= 0.6 is 11.6 Å². The summed E-state index contributed by atoms with van der Waals surface area (Å²) >= 11 is 6.10. The second-order valence-electron chi connectivity index (χ2n) is 6.33. The predicted octanol–water partition coefficient (Wildman–Crippen LogP) is 3.81. The van der Waals surface area contributed by atoms with Gasteiger partial charge in [0.25, 0.3) is 5.91 Å². The fraction of sp³-hybridized carbons (Fsp3) is 0.412. The molecule has 1 N–H and O–H groups in total. The van der Waals surface area contributed by atoms with E-state index in [-0.39, 0.29) is 5.91 Å². The zero-order valence-electron chi connectivity index (χ0n) is 11.7. The highest BCUT2D eigenvalue weighted by molar-refractivity contribution is 6.34. The highest BCUT2D eigenvalue weighted by Crippen LogP contribution is 2.60. The van der Waals surface area contributed by atoms with Crippen LogP contribution < -0.4 is 5.32 Å². The van der Waals surface area contributed by atoms with E-state index < -0.39 is 0 Å². The molecule has 2 aromatic rings. The maximum absolute atomic E-state index is 12.5. The number of halogens is 1. The highest BCUT2D eigenvalue weighted by atomic mass is 35.5. The van der Waals surface area contributed by atoms with Crippen LogP contribution in [0, 0.1) is 11.3 Å². The second-order valence-corrected chi connectivity index (χ2v) is 6.69. The maximum Gasteiger partial charge on any atom is 0.253 e. The van der Waals surface area contributed by atoms with Gasteiger partial charge in [0.15, 0.2) is 0 Å². The number of carbonyl (C=O) groups is 1. The summed E-state index contributed by atoms with van der Waals surface area (Å²) in [5.41, 5.74) is 1.02. The molecular formula is C17H17ClN2O. The number of nitrogens with zero attached hydrogens (tertiary/aromatic N) is 1. The smallest absolute Gasteiger partial charge is 0.253 e. The fourth-order valence-electron chi connectivity index (χ4n) is 3.28. The van der Waals surface area contributed by atoms with Gasteiger partial charge in [-0.15, -0.1) is 0 Å². The number of nitrogens with one attached hydrogen (secondary N) is 1. The molecule has 1 amide bonds. The van der Waals surface area contributed by atoms with Crippen molar-refractivity contribution in [3.63, 3.8) is 0 Å². The lowest BCUT2D eigenvalue weighted by Gasteiger charge is -2.15. The molecule has 21 heavy (non-hydrogen) atoms. The summed E-state index contributed by atoms with van der Waals surface area (Å²) in [6.07, 6.45) is 6.77. The summed E-state index contributed by atoms with van der Waals surface area (Å²) in [7, 11) is 0. The van der Waals surface area contributed by atoms with E-state index in [1.165, 1.54) is 25.7 Å². The third-order valence-electron chi connectivity index (χ3n) is 4.93. The van der Waals surface area contributed by atoms with E-state index >= 15 is 0 Å². The van der Waals surface area contributed by atoms with Crippen molar-refractivity contribution in [3.8, 4) is 0 Å². The highest BCUT2D eigenvalue weighted by Gasteiger charge is 2.53. The van der Waals surface area contributed by atoms with Crippen molar-refractivity contribution in [2.24, 2.45) is 11.3 Å². The molecule has 2 aliphatic carbocycles. The zero-order valence-corrected chi connectivity index (χ0v) is 12.5. The minimum atomic E-state index is -0.0395. The number of hydrogen-bond donors (Lipinski definition) is 1. The lowest BCUT2D eigenvalue weighted by molar-refractivity contribution is 0.0944. The average Bonchev–Trinajstić information content (AvgIpc) is 3.38. The Labute approximate surface area is 128 Å². The van der Waals surface area contributed by atoms with Crippen LogP contribution in [-0.4, -0.2) is 17.4 Å². The van der Waals surface area contributed by atoms with Gasteiger partial charge in [-0.2, -0.15) is 0 Å². The molecule has 0 spiro atoms. The topological polar surface area (TPSA) is 42.0 Å². The van der Waals surface area contributed by atoms with Crippen molar-refractivity contribution in [3.05, 3.63) is 41.2 Å². The summed E-state index contributed by atoms with van der Waals surface area (Å²) in [6, 6.07) is 7.64. The molecule has 1 aromatic carbocycles. The molecule has 2 fully saturated rings. The first kappa shape index (κ1) is 13.1. The number of rotatable bonds is 4. The molecule has 3 nitrogen and oxygen atoms in total. The normalized spacial score (nSPS) is 19.5. The molecule has 2 aliphatic rings. The Hall–Kier alpha value is -1.61. The number of hydrogen-bond acceptors (Lipinski definition) is 2. The molecule has 0 bridgehead atoms. The van der Waals surface area contributed by atoms with E-state index in [0.29, 0.717) is 16.1 Å². The summed E-state index contributed by atoms with van der Waals surface area (Å²) < 4.78 is 0. The molecule has 0 unspecified atom stereocenters. The summed E-state index contributed by atoms with van der Waals surface area (Å²) in [6.45, 7) is 0.799. The standard InChI is InChI=1S/C17H17ClN2O/c18-15-13-4-2-1-3-12(13)14(9-19-15)16(21)20-10-17(7-8-17)11-5-6-11/h1-4,9,11H,5-8,10H2,(H,20,21). The van der Waals surface area contributed by atoms with Crippen LogP contribution in [0.3, 0.4) is 0 Å². The zero-order chi connectivity index (χ0) is 14.4. The largest absolute Gasteiger partial charge is 0.351 e. The molecule has 1 aromatic heterocycles. The third kappa shape index (κ3) is 2.30.